The summed E-state index contributed by atoms with van der Waals surface area (Å²) >= 11 is 0. The fraction of sp³-hybridized carbons (Fsp3) is 0.667. The zero-order valence-electron chi connectivity index (χ0n) is 11.7. The lowest BCUT2D eigenvalue weighted by Gasteiger charge is -2.56. The zero-order chi connectivity index (χ0) is 14.9. The molecule has 1 saturated heterocycles. The third-order valence-electron chi connectivity index (χ3n) is 5.64. The van der Waals surface area contributed by atoms with Gasteiger partial charge in [0.15, 0.2) is 5.78 Å². The molecule has 2 unspecified atom stereocenters. The molecule has 0 aromatic carbocycles. The van der Waals surface area contributed by atoms with Crippen LogP contribution >= 0.6 is 0 Å². The molecular formula is C15H20O5. The quantitative estimate of drug-likeness (QED) is 0.586. The number of aliphatic hydroxyl groups is 3. The van der Waals surface area contributed by atoms with Crippen molar-refractivity contribution in [2.24, 2.45) is 10.8 Å². The first kappa shape index (κ1) is 13.9. The van der Waals surface area contributed by atoms with E-state index in [-0.39, 0.29) is 0 Å². The number of hydrogen-bond acceptors (Lipinski definition) is 5. The third-order valence-corrected chi connectivity index (χ3v) is 5.64. The van der Waals surface area contributed by atoms with E-state index in [0.717, 1.165) is 0 Å². The maximum Gasteiger partial charge on any atom is 0.187 e. The largest absolute Gasteiger partial charge is 0.396 e. The van der Waals surface area contributed by atoms with E-state index in [2.05, 4.69) is 6.58 Å². The summed E-state index contributed by atoms with van der Waals surface area (Å²) in [5.74, 6) is -0.396. The van der Waals surface area contributed by atoms with E-state index >= 15 is 0 Å². The Balaban J connectivity index is 2.23. The molecule has 1 heterocycles. The smallest absolute Gasteiger partial charge is 0.187 e. The molecule has 1 saturated carbocycles. The van der Waals surface area contributed by atoms with Crippen LogP contribution in [0.2, 0.25) is 0 Å². The van der Waals surface area contributed by atoms with Gasteiger partial charge in [-0.1, -0.05) is 13.5 Å². The molecule has 0 aromatic heterocycles. The van der Waals surface area contributed by atoms with Gasteiger partial charge in [-0.15, -0.1) is 0 Å². The van der Waals surface area contributed by atoms with Gasteiger partial charge >= 0.3 is 0 Å². The van der Waals surface area contributed by atoms with Crippen molar-refractivity contribution < 1.29 is 24.9 Å². The van der Waals surface area contributed by atoms with Crippen molar-refractivity contribution in [2.75, 3.05) is 6.61 Å². The zero-order valence-corrected chi connectivity index (χ0v) is 11.7. The lowest BCUT2D eigenvalue weighted by Crippen LogP contribution is -2.65. The molecule has 20 heavy (non-hydrogen) atoms. The molecule has 0 spiro atoms. The van der Waals surface area contributed by atoms with Gasteiger partial charge in [0, 0.05) is 5.41 Å². The first-order valence-electron chi connectivity index (χ1n) is 6.84. The molecule has 1 aliphatic heterocycles. The van der Waals surface area contributed by atoms with Gasteiger partial charge in [-0.3, -0.25) is 4.79 Å². The summed E-state index contributed by atoms with van der Waals surface area (Å²) in [4.78, 5) is 12.2. The average Bonchev–Trinajstić information content (AvgIpc) is 2.55. The Morgan fingerprint density at radius 2 is 2.15 bits per heavy atom. The van der Waals surface area contributed by atoms with E-state index in [4.69, 9.17) is 4.74 Å². The van der Waals surface area contributed by atoms with Gasteiger partial charge in [0.1, 0.15) is 12.2 Å². The SMILES string of the molecule is C=C1C2OC3C=C(C)C(=O)[C@@H](O)[C@]3(CO)[C@@]1(C)C[C@H]2O. The molecular weight excluding hydrogens is 260 g/mol. The van der Waals surface area contributed by atoms with Gasteiger partial charge in [0.25, 0.3) is 0 Å². The summed E-state index contributed by atoms with van der Waals surface area (Å²) in [6, 6.07) is 0. The first-order chi connectivity index (χ1) is 9.29. The second kappa shape index (κ2) is 4.01. The predicted octanol–water partition coefficient (Wildman–Crippen LogP) is -0.0505. The van der Waals surface area contributed by atoms with Gasteiger partial charge in [-0.2, -0.15) is 0 Å². The van der Waals surface area contributed by atoms with Crippen molar-refractivity contribution in [2.45, 2.75) is 44.7 Å². The normalized spacial score (nSPS) is 51.0. The van der Waals surface area contributed by atoms with Gasteiger partial charge in [0.05, 0.1) is 24.2 Å². The van der Waals surface area contributed by atoms with Crippen molar-refractivity contribution in [3.8, 4) is 0 Å². The summed E-state index contributed by atoms with van der Waals surface area (Å²) in [6.07, 6.45) is -1.20. The molecule has 0 aromatic rings. The maximum absolute atomic E-state index is 12.2. The molecule has 110 valence electrons. The average molecular weight is 280 g/mol. The standard InChI is InChI=1S/C15H20O5/c1-7-4-10-15(6-16,13(19)11(7)18)14(3)5-9(17)12(20-10)8(14)2/h4,9-10,12-13,16-17,19H,2,5-6H2,1,3H3/t9-,10?,12?,13-,14+,15-/m1/s1. The van der Waals surface area contributed by atoms with Crippen LogP contribution in [0.25, 0.3) is 0 Å². The molecule has 2 fully saturated rings. The van der Waals surface area contributed by atoms with Crippen LogP contribution in [0.1, 0.15) is 20.3 Å². The van der Waals surface area contributed by atoms with Gasteiger partial charge in [-0.05, 0) is 30.6 Å². The molecule has 0 amide bonds. The number of carbonyl (C=O) groups is 1. The highest BCUT2D eigenvalue weighted by molar-refractivity contribution is 6.00. The van der Waals surface area contributed by atoms with E-state index in [9.17, 15) is 20.1 Å². The molecule has 2 bridgehead atoms. The van der Waals surface area contributed by atoms with Gasteiger partial charge < -0.3 is 20.1 Å². The summed E-state index contributed by atoms with van der Waals surface area (Å²) < 4.78 is 5.86. The van der Waals surface area contributed by atoms with E-state index in [1.54, 1.807) is 13.0 Å². The van der Waals surface area contributed by atoms with Crippen LogP contribution in [0.4, 0.5) is 0 Å². The highest BCUT2D eigenvalue weighted by atomic mass is 16.5. The van der Waals surface area contributed by atoms with Crippen molar-refractivity contribution >= 4 is 5.78 Å². The topological polar surface area (TPSA) is 87.0 Å². The van der Waals surface area contributed by atoms with Crippen LogP contribution in [-0.4, -0.2) is 52.1 Å². The van der Waals surface area contributed by atoms with Gasteiger partial charge in [-0.25, -0.2) is 0 Å². The van der Waals surface area contributed by atoms with Crippen molar-refractivity contribution in [3.05, 3.63) is 23.8 Å². The molecule has 5 heteroatoms. The van der Waals surface area contributed by atoms with E-state index < -0.39 is 47.6 Å². The van der Waals surface area contributed by atoms with Crippen LogP contribution in [-0.2, 0) is 9.53 Å². The third kappa shape index (κ3) is 1.29. The molecule has 3 N–H and O–H groups in total. The molecule has 0 radical (unpaired) electrons. The second-order valence-corrected chi connectivity index (χ2v) is 6.42. The molecule has 5 nitrogen and oxygen atoms in total. The minimum atomic E-state index is -1.35. The summed E-state index contributed by atoms with van der Waals surface area (Å²) in [5.41, 5.74) is -0.831. The van der Waals surface area contributed by atoms with Crippen LogP contribution in [0.15, 0.2) is 23.8 Å². The summed E-state index contributed by atoms with van der Waals surface area (Å²) in [7, 11) is 0. The first-order valence-corrected chi connectivity index (χ1v) is 6.84. The number of Topliss-reactive ketones (excluding diaryl/α,β-unsaturated/α-hetero) is 1. The summed E-state index contributed by atoms with van der Waals surface area (Å²) in [6.45, 7) is 7.05. The molecule has 3 aliphatic rings. The maximum atomic E-state index is 12.2. The molecule has 6 atom stereocenters. The molecule has 3 rings (SSSR count). The monoisotopic (exact) mass is 280 g/mol. The van der Waals surface area contributed by atoms with Crippen LogP contribution in [0, 0.1) is 10.8 Å². The lowest BCUT2D eigenvalue weighted by atomic mass is 9.53. The van der Waals surface area contributed by atoms with Crippen LogP contribution in [0.5, 0.6) is 0 Å². The van der Waals surface area contributed by atoms with E-state index in [1.165, 1.54) is 0 Å². The Morgan fingerprint density at radius 3 is 2.75 bits per heavy atom. The highest BCUT2D eigenvalue weighted by Gasteiger charge is 2.69. The Kier molecular flexibility index (Phi) is 2.80. The number of fused-ring (bicyclic) bond motifs is 4. The predicted molar refractivity (Wildman–Crippen MR) is 70.8 cm³/mol. The van der Waals surface area contributed by atoms with Crippen molar-refractivity contribution in [3.63, 3.8) is 0 Å². The number of rotatable bonds is 1. The Hall–Kier alpha value is -1.01. The highest BCUT2D eigenvalue weighted by Crippen LogP contribution is 2.63. The van der Waals surface area contributed by atoms with Gasteiger partial charge in [0.2, 0.25) is 0 Å². The summed E-state index contributed by atoms with van der Waals surface area (Å²) in [5, 5.41) is 30.7. The lowest BCUT2D eigenvalue weighted by molar-refractivity contribution is -0.192. The van der Waals surface area contributed by atoms with Crippen molar-refractivity contribution in [1.82, 2.24) is 0 Å². The Labute approximate surface area is 117 Å². The number of aliphatic hydroxyl groups excluding tert-OH is 3. The Bertz CT molecular complexity index is 524. The second-order valence-electron chi connectivity index (χ2n) is 6.42. The fourth-order valence-corrected chi connectivity index (χ4v) is 4.21. The molecule has 2 aliphatic carbocycles. The Morgan fingerprint density at radius 1 is 1.50 bits per heavy atom. The number of carbonyl (C=O) groups excluding carboxylic acids is 1. The van der Waals surface area contributed by atoms with Crippen molar-refractivity contribution in [1.29, 1.82) is 0 Å². The number of ether oxygens (including phenoxy) is 1. The number of ketones is 1. The van der Waals surface area contributed by atoms with Crippen LogP contribution < -0.4 is 0 Å². The fourth-order valence-electron chi connectivity index (χ4n) is 4.21. The number of hydrogen-bond donors (Lipinski definition) is 3. The van der Waals surface area contributed by atoms with E-state index in [1.807, 2.05) is 6.92 Å². The minimum absolute atomic E-state index is 0.324. The van der Waals surface area contributed by atoms with Crippen LogP contribution in [0.3, 0.4) is 0 Å². The van der Waals surface area contributed by atoms with E-state index in [0.29, 0.717) is 17.6 Å². The minimum Gasteiger partial charge on any atom is -0.396 e.